The van der Waals surface area contributed by atoms with Crippen molar-refractivity contribution < 1.29 is 17.9 Å². The molecule has 0 spiro atoms. The average molecular weight is 521 g/mol. The van der Waals surface area contributed by atoms with Crippen LogP contribution in [-0.2, 0) is 16.4 Å². The molecule has 5 rings (SSSR count). The summed E-state index contributed by atoms with van der Waals surface area (Å²) in [7, 11) is -0.796. The molecule has 1 fully saturated rings. The van der Waals surface area contributed by atoms with Crippen LogP contribution in [-0.4, -0.2) is 52.1 Å². The molecule has 0 amide bonds. The molecule has 1 aromatic carbocycles. The van der Waals surface area contributed by atoms with Gasteiger partial charge in [-0.05, 0) is 62.1 Å². The highest BCUT2D eigenvalue weighted by Crippen LogP contribution is 2.47. The molecule has 37 heavy (non-hydrogen) atoms. The Bertz CT molecular complexity index is 1520. The van der Waals surface area contributed by atoms with Crippen molar-refractivity contribution >= 4 is 16.0 Å². The minimum Gasteiger partial charge on any atom is -0.494 e. The zero-order valence-electron chi connectivity index (χ0n) is 21.1. The van der Waals surface area contributed by atoms with Gasteiger partial charge in [0.25, 0.3) is 0 Å². The third kappa shape index (κ3) is 4.62. The zero-order chi connectivity index (χ0) is 26.2. The van der Waals surface area contributed by atoms with Crippen molar-refractivity contribution in [2.75, 3.05) is 18.9 Å². The number of benzene rings is 1. The average Bonchev–Trinajstić information content (AvgIpc) is 3.58. The van der Waals surface area contributed by atoms with E-state index in [0.717, 1.165) is 16.8 Å². The molecule has 10 nitrogen and oxygen atoms in total. The fourth-order valence-electron chi connectivity index (χ4n) is 4.32. The number of para-hydroxylation sites is 1. The lowest BCUT2D eigenvalue weighted by Gasteiger charge is -2.20. The number of sulfonamides is 1. The minimum atomic E-state index is -3.87. The SMILES string of the molecule is COc1cccc(OC)c1-n1c(NS(=O)(=O)C2(Cc3ccc(C)cn3)CC2)nnc1-c1cncc(C)c1. The van der Waals surface area contributed by atoms with E-state index in [0.29, 0.717) is 47.8 Å². The van der Waals surface area contributed by atoms with Crippen LogP contribution >= 0.6 is 0 Å². The van der Waals surface area contributed by atoms with Crippen molar-refractivity contribution in [3.05, 3.63) is 71.8 Å². The number of ether oxygens (including phenoxy) is 2. The summed E-state index contributed by atoms with van der Waals surface area (Å²) in [6.45, 7) is 3.86. The molecule has 11 heteroatoms. The first-order chi connectivity index (χ1) is 17.8. The summed E-state index contributed by atoms with van der Waals surface area (Å²) in [6, 6.07) is 11.0. The molecular weight excluding hydrogens is 492 g/mol. The van der Waals surface area contributed by atoms with E-state index in [1.807, 2.05) is 32.0 Å². The van der Waals surface area contributed by atoms with Crippen molar-refractivity contribution in [1.82, 2.24) is 24.7 Å². The lowest BCUT2D eigenvalue weighted by molar-refractivity contribution is 0.391. The predicted octanol–water partition coefficient (Wildman–Crippen LogP) is 3.88. The van der Waals surface area contributed by atoms with Gasteiger partial charge in [-0.3, -0.25) is 19.3 Å². The Hall–Kier alpha value is -3.99. The Morgan fingerprint density at radius 2 is 1.70 bits per heavy atom. The lowest BCUT2D eigenvalue weighted by Crippen LogP contribution is -2.33. The van der Waals surface area contributed by atoms with Crippen LogP contribution in [0.25, 0.3) is 17.1 Å². The molecule has 1 aliphatic rings. The molecule has 0 bridgehead atoms. The second kappa shape index (κ2) is 9.47. The van der Waals surface area contributed by atoms with E-state index in [1.165, 1.54) is 14.2 Å². The molecule has 192 valence electrons. The van der Waals surface area contributed by atoms with Gasteiger partial charge in [-0.15, -0.1) is 10.2 Å². The van der Waals surface area contributed by atoms with Gasteiger partial charge in [0, 0.05) is 36.3 Å². The maximum absolute atomic E-state index is 13.8. The van der Waals surface area contributed by atoms with Gasteiger partial charge in [-0.2, -0.15) is 0 Å². The second-order valence-corrected chi connectivity index (χ2v) is 11.3. The molecule has 1 N–H and O–H groups in total. The van der Waals surface area contributed by atoms with Gasteiger partial charge >= 0.3 is 0 Å². The number of pyridine rings is 2. The highest BCUT2D eigenvalue weighted by molar-refractivity contribution is 7.94. The van der Waals surface area contributed by atoms with Gasteiger partial charge in [-0.1, -0.05) is 12.1 Å². The lowest BCUT2D eigenvalue weighted by atomic mass is 10.2. The van der Waals surface area contributed by atoms with E-state index < -0.39 is 14.8 Å². The monoisotopic (exact) mass is 520 g/mol. The third-order valence-electron chi connectivity index (χ3n) is 6.50. The maximum atomic E-state index is 13.8. The van der Waals surface area contributed by atoms with Gasteiger partial charge in [-0.25, -0.2) is 8.42 Å². The van der Waals surface area contributed by atoms with Crippen LogP contribution in [0.15, 0.2) is 55.0 Å². The summed E-state index contributed by atoms with van der Waals surface area (Å²) in [5.74, 6) is 1.35. The van der Waals surface area contributed by atoms with Crippen LogP contribution in [0.3, 0.4) is 0 Å². The maximum Gasteiger partial charge on any atom is 0.243 e. The summed E-state index contributed by atoms with van der Waals surface area (Å²) in [4.78, 5) is 8.70. The quantitative estimate of drug-likeness (QED) is 0.353. The topological polar surface area (TPSA) is 121 Å². The van der Waals surface area contributed by atoms with Crippen molar-refractivity contribution in [1.29, 1.82) is 0 Å². The van der Waals surface area contributed by atoms with E-state index in [4.69, 9.17) is 9.47 Å². The third-order valence-corrected chi connectivity index (χ3v) is 8.64. The number of nitrogens with one attached hydrogen (secondary N) is 1. The number of methoxy groups -OCH3 is 2. The first-order valence-corrected chi connectivity index (χ1v) is 13.3. The van der Waals surface area contributed by atoms with E-state index >= 15 is 0 Å². The summed E-state index contributed by atoms with van der Waals surface area (Å²) < 4.78 is 42.1. The standard InChI is InChI=1S/C26H28N6O4S/c1-17-8-9-20(28-15-17)13-26(10-11-26)37(33,34)31-25-30-29-24(19-12-18(2)14-27-16-19)32(25)23-21(35-3)6-5-7-22(23)36-4/h5-9,12,14-16H,10-11,13H2,1-4H3,(H,30,31). The number of aromatic nitrogens is 5. The predicted molar refractivity (Wildman–Crippen MR) is 140 cm³/mol. The molecule has 0 aliphatic heterocycles. The molecule has 4 aromatic rings. The summed E-state index contributed by atoms with van der Waals surface area (Å²) in [6.07, 6.45) is 6.49. The first-order valence-electron chi connectivity index (χ1n) is 11.8. The van der Waals surface area contributed by atoms with Crippen molar-refractivity contribution in [3.63, 3.8) is 0 Å². The molecule has 0 saturated heterocycles. The second-order valence-electron chi connectivity index (χ2n) is 9.24. The van der Waals surface area contributed by atoms with Gasteiger partial charge in [0.2, 0.25) is 16.0 Å². The van der Waals surface area contributed by atoms with Gasteiger partial charge in [0.1, 0.15) is 17.2 Å². The fraction of sp³-hybridized carbons (Fsp3) is 0.308. The Morgan fingerprint density at radius 1 is 0.973 bits per heavy atom. The molecule has 3 heterocycles. The van der Waals surface area contributed by atoms with E-state index in [-0.39, 0.29) is 5.95 Å². The number of nitrogens with zero attached hydrogens (tertiary/aromatic N) is 5. The normalized spacial score (nSPS) is 14.3. The zero-order valence-corrected chi connectivity index (χ0v) is 21.9. The molecular formula is C26H28N6O4S. The number of hydrogen-bond donors (Lipinski definition) is 1. The first kappa shape index (κ1) is 24.7. The Labute approximate surface area is 215 Å². The van der Waals surface area contributed by atoms with Crippen LogP contribution in [0.2, 0.25) is 0 Å². The van der Waals surface area contributed by atoms with Gasteiger partial charge in [0.15, 0.2) is 5.82 Å². The molecule has 1 aliphatic carbocycles. The van der Waals surface area contributed by atoms with Crippen LogP contribution < -0.4 is 14.2 Å². The van der Waals surface area contributed by atoms with Crippen LogP contribution in [0.4, 0.5) is 5.95 Å². The highest BCUT2D eigenvalue weighted by Gasteiger charge is 2.55. The van der Waals surface area contributed by atoms with Crippen molar-refractivity contribution in [2.24, 2.45) is 0 Å². The largest absolute Gasteiger partial charge is 0.494 e. The Kier molecular flexibility index (Phi) is 6.32. The van der Waals surface area contributed by atoms with E-state index in [2.05, 4.69) is 24.9 Å². The van der Waals surface area contributed by atoms with Crippen LogP contribution in [0.5, 0.6) is 11.5 Å². The highest BCUT2D eigenvalue weighted by atomic mass is 32.2. The number of aryl methyl sites for hydroxylation is 2. The fourth-order valence-corrected chi connectivity index (χ4v) is 5.89. The van der Waals surface area contributed by atoms with Crippen LogP contribution in [0.1, 0.15) is 29.7 Å². The summed E-state index contributed by atoms with van der Waals surface area (Å²) >= 11 is 0. The smallest absolute Gasteiger partial charge is 0.243 e. The van der Waals surface area contributed by atoms with Crippen LogP contribution in [0, 0.1) is 13.8 Å². The summed E-state index contributed by atoms with van der Waals surface area (Å²) in [5, 5.41) is 8.62. The number of rotatable bonds is 9. The molecule has 0 radical (unpaired) electrons. The number of anilines is 1. The van der Waals surface area contributed by atoms with Crippen molar-refractivity contribution in [3.8, 4) is 28.6 Å². The number of hydrogen-bond acceptors (Lipinski definition) is 8. The Morgan fingerprint density at radius 3 is 2.30 bits per heavy atom. The minimum absolute atomic E-state index is 0.0300. The molecule has 0 atom stereocenters. The molecule has 3 aromatic heterocycles. The van der Waals surface area contributed by atoms with E-state index in [9.17, 15) is 8.42 Å². The van der Waals surface area contributed by atoms with E-state index in [1.54, 1.807) is 41.4 Å². The summed E-state index contributed by atoms with van der Waals surface area (Å²) in [5.41, 5.74) is 3.80. The molecule has 1 saturated carbocycles. The van der Waals surface area contributed by atoms with Crippen molar-refractivity contribution in [2.45, 2.75) is 37.9 Å². The Balaban J connectivity index is 1.61. The molecule has 0 unspecified atom stereocenters. The van der Waals surface area contributed by atoms with Gasteiger partial charge in [0.05, 0.1) is 19.0 Å². The van der Waals surface area contributed by atoms with Gasteiger partial charge < -0.3 is 9.47 Å².